The summed E-state index contributed by atoms with van der Waals surface area (Å²) in [7, 11) is 0. The fourth-order valence-corrected chi connectivity index (χ4v) is 4.96. The number of unbranched alkanes of at least 4 members (excludes halogenated alkanes) is 3. The highest BCUT2D eigenvalue weighted by Gasteiger charge is 2.38. The van der Waals surface area contributed by atoms with E-state index >= 15 is 0 Å². The molecule has 2 aliphatic carbocycles. The largest absolute Gasteiger partial charge is 0.462 e. The molecule has 0 radical (unpaired) electrons. The third-order valence-electron chi connectivity index (χ3n) is 6.78. The van der Waals surface area contributed by atoms with Gasteiger partial charge < -0.3 is 4.74 Å². The lowest BCUT2D eigenvalue weighted by atomic mass is 9.69. The molecule has 26 heavy (non-hydrogen) atoms. The Bertz CT molecular complexity index is 451. The fraction of sp³-hybridized carbons (Fsp3) is 0.913. The van der Waals surface area contributed by atoms with Gasteiger partial charge in [-0.1, -0.05) is 52.4 Å². The van der Waals surface area contributed by atoms with Gasteiger partial charge >= 0.3 is 5.97 Å². The monoisotopic (exact) mass is 361 g/mol. The number of carbonyl (C=O) groups is 1. The number of hydrogen-bond donors (Lipinski definition) is 0. The van der Waals surface area contributed by atoms with E-state index in [1.807, 2.05) is 0 Å². The minimum absolute atomic E-state index is 0.0134. The van der Waals surface area contributed by atoms with Crippen molar-refractivity contribution in [2.45, 2.75) is 116 Å². The zero-order valence-corrected chi connectivity index (χ0v) is 17.1. The Morgan fingerprint density at radius 3 is 2.27 bits per heavy atom. The minimum Gasteiger partial charge on any atom is -0.462 e. The van der Waals surface area contributed by atoms with Crippen LogP contribution in [0.25, 0.3) is 0 Å². The van der Waals surface area contributed by atoms with E-state index in [9.17, 15) is 10.1 Å². The highest BCUT2D eigenvalue weighted by Crippen LogP contribution is 2.42. The maximum atomic E-state index is 12.5. The fourth-order valence-electron chi connectivity index (χ4n) is 4.96. The molecule has 3 nitrogen and oxygen atoms in total. The van der Waals surface area contributed by atoms with Crippen LogP contribution in [0, 0.1) is 28.6 Å². The average Bonchev–Trinajstić information content (AvgIpc) is 2.67. The molecular weight excluding hydrogens is 322 g/mol. The van der Waals surface area contributed by atoms with Crippen molar-refractivity contribution in [1.29, 1.82) is 5.26 Å². The summed E-state index contributed by atoms with van der Waals surface area (Å²) in [6.45, 7) is 4.40. The molecule has 0 aromatic carbocycles. The molecular formula is C23H39NO2. The van der Waals surface area contributed by atoms with Crippen molar-refractivity contribution in [3.63, 3.8) is 0 Å². The normalized spacial score (nSPS) is 32.0. The molecule has 2 aliphatic rings. The van der Waals surface area contributed by atoms with E-state index in [2.05, 4.69) is 19.9 Å². The minimum atomic E-state index is -0.179. The van der Waals surface area contributed by atoms with Crippen molar-refractivity contribution >= 4 is 5.97 Å². The van der Waals surface area contributed by atoms with Gasteiger partial charge in [0.25, 0.3) is 0 Å². The van der Waals surface area contributed by atoms with Gasteiger partial charge in [0.15, 0.2) is 0 Å². The van der Waals surface area contributed by atoms with Crippen molar-refractivity contribution in [2.75, 3.05) is 0 Å². The summed E-state index contributed by atoms with van der Waals surface area (Å²) in [4.78, 5) is 12.5. The zero-order valence-electron chi connectivity index (χ0n) is 17.1. The van der Waals surface area contributed by atoms with Crippen LogP contribution in [-0.4, -0.2) is 12.1 Å². The number of hydrogen-bond acceptors (Lipinski definition) is 3. The highest BCUT2D eigenvalue weighted by atomic mass is 16.5. The second-order valence-corrected chi connectivity index (χ2v) is 8.85. The molecule has 2 saturated carbocycles. The average molecular weight is 362 g/mol. The molecule has 0 N–H and O–H groups in total. The lowest BCUT2D eigenvalue weighted by Gasteiger charge is -2.35. The summed E-state index contributed by atoms with van der Waals surface area (Å²) in [6.07, 6.45) is 16.9. The van der Waals surface area contributed by atoms with Gasteiger partial charge in [-0.2, -0.15) is 5.26 Å². The summed E-state index contributed by atoms with van der Waals surface area (Å²) < 4.78 is 5.86. The van der Waals surface area contributed by atoms with Crippen LogP contribution in [0.15, 0.2) is 0 Å². The molecule has 148 valence electrons. The van der Waals surface area contributed by atoms with Crippen molar-refractivity contribution < 1.29 is 9.53 Å². The maximum absolute atomic E-state index is 12.5. The Hall–Kier alpha value is -1.04. The third kappa shape index (κ3) is 6.29. The Balaban J connectivity index is 1.66. The van der Waals surface area contributed by atoms with E-state index < -0.39 is 0 Å². The number of nitriles is 1. The SMILES string of the molecule is CCCCCCC1CCC(OC(=O)[C@H]2CC[C@@](C#N)(CCC)CC2)CC1. The van der Waals surface area contributed by atoms with Crippen LogP contribution in [0.1, 0.15) is 110 Å². The first-order valence-electron chi connectivity index (χ1n) is 11.2. The number of esters is 1. The first-order valence-corrected chi connectivity index (χ1v) is 11.2. The molecule has 0 atom stereocenters. The van der Waals surface area contributed by atoms with Crippen LogP contribution >= 0.6 is 0 Å². The zero-order chi connectivity index (χ0) is 18.8. The van der Waals surface area contributed by atoms with Gasteiger partial charge in [0.05, 0.1) is 17.4 Å². The molecule has 0 amide bonds. The number of rotatable bonds is 9. The lowest BCUT2D eigenvalue weighted by molar-refractivity contribution is -0.157. The molecule has 0 unspecified atom stereocenters. The van der Waals surface area contributed by atoms with Crippen LogP contribution < -0.4 is 0 Å². The predicted octanol–water partition coefficient (Wildman–Crippen LogP) is 6.56. The number of carbonyl (C=O) groups excluding carboxylic acids is 1. The molecule has 0 aromatic heterocycles. The lowest BCUT2D eigenvalue weighted by Crippen LogP contribution is -2.33. The van der Waals surface area contributed by atoms with Crippen LogP contribution in [0.5, 0.6) is 0 Å². The van der Waals surface area contributed by atoms with Crippen LogP contribution in [0.3, 0.4) is 0 Å². The van der Waals surface area contributed by atoms with Gasteiger partial charge in [0.2, 0.25) is 0 Å². The van der Waals surface area contributed by atoms with E-state index in [0.29, 0.717) is 0 Å². The van der Waals surface area contributed by atoms with E-state index in [1.54, 1.807) is 0 Å². The molecule has 3 heteroatoms. The molecule has 0 bridgehead atoms. The Morgan fingerprint density at radius 1 is 1.00 bits per heavy atom. The molecule has 0 aromatic rings. The second-order valence-electron chi connectivity index (χ2n) is 8.85. The van der Waals surface area contributed by atoms with Gasteiger partial charge in [-0.15, -0.1) is 0 Å². The second kappa shape index (κ2) is 11.0. The topological polar surface area (TPSA) is 50.1 Å². The summed E-state index contributed by atoms with van der Waals surface area (Å²) in [5, 5.41) is 9.51. The summed E-state index contributed by atoms with van der Waals surface area (Å²) in [5.41, 5.74) is -0.179. The Kier molecular flexibility index (Phi) is 8.96. The van der Waals surface area contributed by atoms with E-state index in [4.69, 9.17) is 4.74 Å². The first kappa shape index (κ1) is 21.3. The summed E-state index contributed by atoms with van der Waals surface area (Å²) >= 11 is 0. The van der Waals surface area contributed by atoms with Gasteiger partial charge in [-0.05, 0) is 63.7 Å². The maximum Gasteiger partial charge on any atom is 0.309 e. The molecule has 0 saturated heterocycles. The van der Waals surface area contributed by atoms with Crippen molar-refractivity contribution in [2.24, 2.45) is 17.3 Å². The van der Waals surface area contributed by atoms with Crippen molar-refractivity contribution in [1.82, 2.24) is 0 Å². The molecule has 0 aliphatic heterocycles. The van der Waals surface area contributed by atoms with E-state index in [1.165, 1.54) is 44.9 Å². The van der Waals surface area contributed by atoms with Crippen molar-refractivity contribution in [3.8, 4) is 6.07 Å². The quantitative estimate of drug-likeness (QED) is 0.345. The Morgan fingerprint density at radius 2 is 1.69 bits per heavy atom. The van der Waals surface area contributed by atoms with Crippen molar-refractivity contribution in [3.05, 3.63) is 0 Å². The highest BCUT2D eigenvalue weighted by molar-refractivity contribution is 5.72. The number of ether oxygens (including phenoxy) is 1. The van der Waals surface area contributed by atoms with E-state index in [0.717, 1.165) is 57.3 Å². The standard InChI is InChI=1S/C23H39NO2/c1-3-5-6-7-8-19-9-11-21(12-10-19)26-22(25)20-13-16-23(18-24,15-4-2)17-14-20/h19-21H,3-17H2,1-2H3/t19?,20-,21?,23-. The smallest absolute Gasteiger partial charge is 0.309 e. The molecule has 0 heterocycles. The predicted molar refractivity (Wildman–Crippen MR) is 106 cm³/mol. The van der Waals surface area contributed by atoms with Gasteiger partial charge in [-0.25, -0.2) is 0 Å². The van der Waals surface area contributed by atoms with Crippen LogP contribution in [-0.2, 0) is 9.53 Å². The van der Waals surface area contributed by atoms with Crippen LogP contribution in [0.4, 0.5) is 0 Å². The van der Waals surface area contributed by atoms with Gasteiger partial charge in [0, 0.05) is 0 Å². The molecule has 2 fully saturated rings. The molecule has 2 rings (SSSR count). The summed E-state index contributed by atoms with van der Waals surface area (Å²) in [6, 6.07) is 2.54. The Labute approximate surface area is 160 Å². The van der Waals surface area contributed by atoms with Gasteiger partial charge in [-0.3, -0.25) is 4.79 Å². The first-order chi connectivity index (χ1) is 12.6. The van der Waals surface area contributed by atoms with E-state index in [-0.39, 0.29) is 23.4 Å². The molecule has 0 spiro atoms. The van der Waals surface area contributed by atoms with Crippen LogP contribution in [0.2, 0.25) is 0 Å². The van der Waals surface area contributed by atoms with Gasteiger partial charge in [0.1, 0.15) is 6.10 Å². The number of nitrogens with zero attached hydrogens (tertiary/aromatic N) is 1. The summed E-state index contributed by atoms with van der Waals surface area (Å²) in [5.74, 6) is 0.890. The third-order valence-corrected chi connectivity index (χ3v) is 6.78.